The predicted octanol–water partition coefficient (Wildman–Crippen LogP) is 12.4. The Morgan fingerprint density at radius 3 is 1.62 bits per heavy atom. The molecule has 10 rings (SSSR count). The number of hydrogen-bond acceptors (Lipinski definition) is 6. The van der Waals surface area contributed by atoms with Gasteiger partial charge in [0.15, 0.2) is 0 Å². The van der Waals surface area contributed by atoms with Gasteiger partial charge in [-0.15, -0.1) is 17.1 Å². The molecule has 0 spiro atoms. The first-order valence-corrected chi connectivity index (χ1v) is 19.8. The molecule has 2 aliphatic heterocycles. The standard InChI is InChI=1S/2C26H20N3O.Pd/c2*1-14-11-15(2)28-25(14)24(26-16(3)21(13-27)17(4)29-26)18-9-10-23-20(12-18)19-7-5-6-8-22(19)30-23;/h2*5-12H,1-4H3;/q2*-1;+2/b26-24-;25-24-;. The molecule has 0 bridgehead atoms. The quantitative estimate of drug-likeness (QED) is 0.162. The van der Waals surface area contributed by atoms with Gasteiger partial charge < -0.3 is 18.8 Å². The van der Waals surface area contributed by atoms with E-state index in [-0.39, 0.29) is 20.4 Å². The number of nitrogens with zero attached hydrogens (tertiary/aromatic N) is 6. The molecule has 300 valence electrons. The summed E-state index contributed by atoms with van der Waals surface area (Å²) in [7, 11) is 0. The molecular weight excluding hydrogens is 847 g/mol. The van der Waals surface area contributed by atoms with Crippen LogP contribution >= 0.6 is 0 Å². The number of allylic oxidation sites excluding steroid dienone is 4. The Kier molecular flexibility index (Phi) is 10.6. The van der Waals surface area contributed by atoms with E-state index in [1.807, 2.05) is 90.1 Å². The molecule has 2 aliphatic rings. The van der Waals surface area contributed by atoms with Crippen LogP contribution in [0.3, 0.4) is 0 Å². The number of hydrogen-bond donors (Lipinski definition) is 0. The minimum absolute atomic E-state index is 0. The van der Waals surface area contributed by atoms with Gasteiger partial charge in [-0.05, 0) is 123 Å². The largest absolute Gasteiger partial charge is 2.00 e. The predicted molar refractivity (Wildman–Crippen MR) is 241 cm³/mol. The maximum atomic E-state index is 9.60. The van der Waals surface area contributed by atoms with Gasteiger partial charge in [-0.25, -0.2) is 0 Å². The van der Waals surface area contributed by atoms with Gasteiger partial charge in [0.2, 0.25) is 0 Å². The number of furan rings is 2. The molecule has 0 atom stereocenters. The second-order valence-electron chi connectivity index (χ2n) is 15.5. The van der Waals surface area contributed by atoms with E-state index < -0.39 is 0 Å². The molecule has 6 heterocycles. The monoisotopic (exact) mass is 886 g/mol. The summed E-state index contributed by atoms with van der Waals surface area (Å²) in [4.78, 5) is 19.2. The fourth-order valence-electron chi connectivity index (χ4n) is 8.61. The van der Waals surface area contributed by atoms with Gasteiger partial charge in [0.25, 0.3) is 0 Å². The number of aromatic nitrogens is 2. The number of para-hydroxylation sites is 2. The normalized spacial score (nSPS) is 15.3. The van der Waals surface area contributed by atoms with E-state index in [0.717, 1.165) is 134 Å². The molecule has 0 saturated heterocycles. The molecule has 4 aromatic heterocycles. The van der Waals surface area contributed by atoms with E-state index in [2.05, 4.69) is 74.5 Å². The zero-order chi connectivity index (χ0) is 42.0. The fourth-order valence-corrected chi connectivity index (χ4v) is 8.61. The molecule has 0 saturated carbocycles. The summed E-state index contributed by atoms with van der Waals surface area (Å²) < 4.78 is 12.0. The Balaban J connectivity index is 0.000000166. The van der Waals surface area contributed by atoms with Crippen molar-refractivity contribution in [3.8, 4) is 12.1 Å². The van der Waals surface area contributed by atoms with E-state index in [0.29, 0.717) is 11.1 Å². The van der Waals surface area contributed by atoms with Crippen molar-refractivity contribution in [3.05, 3.63) is 176 Å². The van der Waals surface area contributed by atoms with Crippen molar-refractivity contribution >= 4 is 66.4 Å². The molecule has 9 heteroatoms. The van der Waals surface area contributed by atoms with Gasteiger partial charge in [0, 0.05) is 32.8 Å². The Morgan fingerprint density at radius 2 is 1.15 bits per heavy atom. The van der Waals surface area contributed by atoms with Crippen LogP contribution in [-0.4, -0.2) is 11.4 Å². The molecule has 0 N–H and O–H groups in total. The van der Waals surface area contributed by atoms with Crippen LogP contribution in [-0.2, 0) is 20.4 Å². The summed E-state index contributed by atoms with van der Waals surface area (Å²) in [6, 6.07) is 35.2. The second-order valence-corrected chi connectivity index (χ2v) is 15.5. The third-order valence-electron chi connectivity index (χ3n) is 11.4. The second kappa shape index (κ2) is 15.9. The van der Waals surface area contributed by atoms with E-state index in [9.17, 15) is 10.5 Å². The minimum Gasteiger partial charge on any atom is -0.661 e. The number of fused-ring (bicyclic) bond motifs is 6. The van der Waals surface area contributed by atoms with Crippen LogP contribution in [0.1, 0.15) is 78.3 Å². The maximum absolute atomic E-state index is 9.60. The van der Waals surface area contributed by atoms with Gasteiger partial charge >= 0.3 is 20.4 Å². The summed E-state index contributed by atoms with van der Waals surface area (Å²) in [6.45, 7) is 15.8. The topological polar surface area (TPSA) is 127 Å². The smallest absolute Gasteiger partial charge is 0.661 e. The molecular formula is C52H40N6O2Pd. The molecule has 8 aromatic rings. The van der Waals surface area contributed by atoms with E-state index in [1.165, 1.54) is 0 Å². The van der Waals surface area contributed by atoms with Crippen molar-refractivity contribution in [2.75, 3.05) is 0 Å². The van der Waals surface area contributed by atoms with Crippen molar-refractivity contribution in [2.24, 2.45) is 9.98 Å². The molecule has 61 heavy (non-hydrogen) atoms. The first-order valence-electron chi connectivity index (χ1n) is 19.8. The van der Waals surface area contributed by atoms with Crippen LogP contribution in [0, 0.1) is 50.4 Å². The first kappa shape index (κ1) is 40.7. The summed E-state index contributed by atoms with van der Waals surface area (Å²) in [5.41, 5.74) is 19.5. The fraction of sp³-hybridized carbons (Fsp3) is 0.154. The molecule has 8 nitrogen and oxygen atoms in total. The molecule has 0 fully saturated rings. The van der Waals surface area contributed by atoms with E-state index >= 15 is 0 Å². The number of nitriles is 2. The molecule has 0 radical (unpaired) electrons. The van der Waals surface area contributed by atoms with Gasteiger partial charge in [-0.1, -0.05) is 74.0 Å². The van der Waals surface area contributed by atoms with Crippen molar-refractivity contribution in [1.82, 2.24) is 9.97 Å². The molecule has 0 aliphatic carbocycles. The van der Waals surface area contributed by atoms with Crippen LogP contribution in [0.15, 0.2) is 144 Å². The van der Waals surface area contributed by atoms with E-state index in [4.69, 9.17) is 28.8 Å². The van der Waals surface area contributed by atoms with Gasteiger partial charge in [-0.2, -0.15) is 16.2 Å². The summed E-state index contributed by atoms with van der Waals surface area (Å²) in [6.07, 6.45) is 2.08. The Labute approximate surface area is 367 Å². The first-order chi connectivity index (χ1) is 28.9. The average Bonchev–Trinajstić information content (AvgIpc) is 4.07. The number of aliphatic imine (C=N–C) groups is 2. The van der Waals surface area contributed by atoms with Crippen LogP contribution in [0.2, 0.25) is 0 Å². The van der Waals surface area contributed by atoms with Crippen LogP contribution in [0.5, 0.6) is 0 Å². The van der Waals surface area contributed by atoms with Crippen LogP contribution < -0.4 is 9.97 Å². The summed E-state index contributed by atoms with van der Waals surface area (Å²) in [5, 5.41) is 23.5. The van der Waals surface area contributed by atoms with Crippen molar-refractivity contribution in [1.29, 1.82) is 10.5 Å². The third-order valence-corrected chi connectivity index (χ3v) is 11.4. The van der Waals surface area contributed by atoms with Gasteiger partial charge in [0.1, 0.15) is 28.4 Å². The number of rotatable bonds is 4. The number of benzene rings is 4. The summed E-state index contributed by atoms with van der Waals surface area (Å²) in [5.74, 6) is 0. The minimum atomic E-state index is 0. The number of aryl methyl sites for hydroxylation is 3. The Bertz CT molecular complexity index is 3430. The third kappa shape index (κ3) is 6.93. The zero-order valence-corrected chi connectivity index (χ0v) is 36.6. The van der Waals surface area contributed by atoms with Crippen molar-refractivity contribution < 1.29 is 29.3 Å². The maximum Gasteiger partial charge on any atom is 2.00 e. The van der Waals surface area contributed by atoms with Gasteiger partial charge in [-0.3, -0.25) is 9.98 Å². The van der Waals surface area contributed by atoms with E-state index in [1.54, 1.807) is 0 Å². The SMILES string of the molecule is CC1=CC(C)=N/C1=C(/c1ccc2oc3ccccc3c2c1)c1[n-]c(C)c(C#N)c1C.CC1=N/C(=C(/c2ccc3oc4ccccc4c3c2)c2[n-]c(C)cc2C)C(C)=C1C#N.[Pd+2]. The Hall–Kier alpha value is -7.02. The van der Waals surface area contributed by atoms with Crippen LogP contribution in [0.4, 0.5) is 0 Å². The molecule has 0 amide bonds. The van der Waals surface area contributed by atoms with Crippen LogP contribution in [0.25, 0.3) is 55.0 Å². The molecule has 4 aromatic carbocycles. The van der Waals surface area contributed by atoms with Crippen molar-refractivity contribution in [3.63, 3.8) is 0 Å². The summed E-state index contributed by atoms with van der Waals surface area (Å²) >= 11 is 0. The Morgan fingerprint density at radius 1 is 0.590 bits per heavy atom. The zero-order valence-electron chi connectivity index (χ0n) is 35.1. The average molecular weight is 887 g/mol. The van der Waals surface area contributed by atoms with Gasteiger partial charge in [0.05, 0.1) is 28.7 Å². The van der Waals surface area contributed by atoms with Crippen molar-refractivity contribution in [2.45, 2.75) is 55.4 Å². The molecule has 0 unspecified atom stereocenters.